The smallest absolute Gasteiger partial charge is 0.254 e. The van der Waals surface area contributed by atoms with Crippen molar-refractivity contribution in [1.29, 1.82) is 0 Å². The zero-order valence-corrected chi connectivity index (χ0v) is 16.7. The van der Waals surface area contributed by atoms with Crippen molar-refractivity contribution in [2.75, 3.05) is 6.54 Å². The molecule has 3 aromatic rings. The molecule has 2 N–H and O–H groups in total. The number of nitrogens with one attached hydrogen (secondary N) is 2. The van der Waals surface area contributed by atoms with Crippen LogP contribution in [0.15, 0.2) is 53.6 Å². The van der Waals surface area contributed by atoms with E-state index in [1.165, 1.54) is 12.1 Å². The number of carbonyl (C=O) groups excluding carboxylic acids is 1. The summed E-state index contributed by atoms with van der Waals surface area (Å²) in [6, 6.07) is 10.0. The van der Waals surface area contributed by atoms with Gasteiger partial charge in [0.05, 0.1) is 0 Å². The largest absolute Gasteiger partial charge is 0.355 e. The second-order valence-corrected chi connectivity index (χ2v) is 7.78. The molecule has 1 amide bonds. The summed E-state index contributed by atoms with van der Waals surface area (Å²) < 4.78 is 13.2. The van der Waals surface area contributed by atoms with Crippen LogP contribution in [0.4, 0.5) is 4.39 Å². The van der Waals surface area contributed by atoms with Crippen molar-refractivity contribution in [3.8, 4) is 11.4 Å². The van der Waals surface area contributed by atoms with Crippen LogP contribution in [-0.2, 0) is 16.6 Å². The molecule has 1 aliphatic carbocycles. The number of pyridine rings is 1. The Kier molecular flexibility index (Phi) is 5.44. The van der Waals surface area contributed by atoms with Crippen molar-refractivity contribution in [2.24, 2.45) is 0 Å². The van der Waals surface area contributed by atoms with E-state index in [-0.39, 0.29) is 29.1 Å². The molecule has 2 heterocycles. The molecule has 1 fully saturated rings. The Labute approximate surface area is 173 Å². The fourth-order valence-corrected chi connectivity index (χ4v) is 3.67. The molecule has 0 aliphatic heterocycles. The third kappa shape index (κ3) is 4.30. The van der Waals surface area contributed by atoms with Crippen molar-refractivity contribution < 1.29 is 9.18 Å². The Morgan fingerprint density at radius 3 is 2.50 bits per heavy atom. The summed E-state index contributed by atoms with van der Waals surface area (Å²) in [5, 5.41) is 2.97. The van der Waals surface area contributed by atoms with E-state index in [1.807, 2.05) is 0 Å². The number of rotatable bonds is 7. The van der Waals surface area contributed by atoms with Gasteiger partial charge in [-0.1, -0.05) is 12.1 Å². The van der Waals surface area contributed by atoms with Gasteiger partial charge in [-0.15, -0.1) is 0 Å². The number of carbonyl (C=O) groups is 1. The molecular weight excluding hydrogens is 383 g/mol. The minimum Gasteiger partial charge on any atom is -0.355 e. The van der Waals surface area contributed by atoms with Crippen LogP contribution in [0.1, 0.15) is 36.1 Å². The van der Waals surface area contributed by atoms with Gasteiger partial charge in [0.2, 0.25) is 5.91 Å². The molecule has 7 heteroatoms. The lowest BCUT2D eigenvalue weighted by Crippen LogP contribution is -2.32. The number of nitrogens with zero attached hydrogens (tertiary/aromatic N) is 2. The highest BCUT2D eigenvalue weighted by atomic mass is 19.1. The molecule has 0 unspecified atom stereocenters. The predicted octanol–water partition coefficient (Wildman–Crippen LogP) is 3.06. The van der Waals surface area contributed by atoms with E-state index in [2.05, 4.69) is 20.3 Å². The molecule has 6 nitrogen and oxygen atoms in total. The van der Waals surface area contributed by atoms with Crippen molar-refractivity contribution >= 4 is 5.91 Å². The van der Waals surface area contributed by atoms with Gasteiger partial charge < -0.3 is 10.3 Å². The quantitative estimate of drug-likeness (QED) is 0.631. The first kappa shape index (κ1) is 19.9. The summed E-state index contributed by atoms with van der Waals surface area (Å²) in [6.45, 7) is 2.30. The van der Waals surface area contributed by atoms with Crippen molar-refractivity contribution in [3.05, 3.63) is 81.8 Å². The second kappa shape index (κ2) is 8.18. The van der Waals surface area contributed by atoms with Gasteiger partial charge in [-0.05, 0) is 56.0 Å². The van der Waals surface area contributed by atoms with E-state index >= 15 is 0 Å². The Morgan fingerprint density at radius 1 is 1.17 bits per heavy atom. The van der Waals surface area contributed by atoms with Crippen LogP contribution < -0.4 is 10.9 Å². The zero-order chi connectivity index (χ0) is 21.1. The normalized spacial score (nSPS) is 14.3. The van der Waals surface area contributed by atoms with Crippen LogP contribution >= 0.6 is 0 Å². The molecule has 0 spiro atoms. The summed E-state index contributed by atoms with van der Waals surface area (Å²) in [5.41, 5.74) is 2.64. The van der Waals surface area contributed by atoms with Gasteiger partial charge in [0, 0.05) is 47.6 Å². The maximum Gasteiger partial charge on any atom is 0.254 e. The second-order valence-electron chi connectivity index (χ2n) is 7.78. The van der Waals surface area contributed by atoms with Gasteiger partial charge in [0.15, 0.2) is 0 Å². The van der Waals surface area contributed by atoms with Crippen LogP contribution in [0, 0.1) is 12.7 Å². The fraction of sp³-hybridized carbons (Fsp3) is 0.304. The van der Waals surface area contributed by atoms with Crippen molar-refractivity contribution in [3.63, 3.8) is 0 Å². The number of hydrogen-bond acceptors (Lipinski definition) is 4. The molecule has 30 heavy (non-hydrogen) atoms. The minimum atomic E-state index is -0.261. The highest BCUT2D eigenvalue weighted by molar-refractivity contribution is 5.76. The van der Waals surface area contributed by atoms with Crippen molar-refractivity contribution in [1.82, 2.24) is 20.3 Å². The first-order valence-electron chi connectivity index (χ1n) is 10.00. The maximum absolute atomic E-state index is 13.2. The molecular formula is C23H23FN4O2. The van der Waals surface area contributed by atoms with Crippen LogP contribution in [0.25, 0.3) is 11.4 Å². The molecule has 0 bridgehead atoms. The Bertz CT molecular complexity index is 1110. The number of aromatic nitrogens is 3. The van der Waals surface area contributed by atoms with E-state index < -0.39 is 0 Å². The third-order valence-corrected chi connectivity index (χ3v) is 5.71. The molecule has 0 atom stereocenters. The topological polar surface area (TPSA) is 87.7 Å². The molecule has 1 aromatic carbocycles. The molecule has 2 aromatic heterocycles. The van der Waals surface area contributed by atoms with E-state index in [0.717, 1.165) is 24.0 Å². The van der Waals surface area contributed by atoms with Gasteiger partial charge in [-0.2, -0.15) is 0 Å². The zero-order valence-electron chi connectivity index (χ0n) is 16.7. The average Bonchev–Trinajstić information content (AvgIpc) is 3.54. The summed E-state index contributed by atoms with van der Waals surface area (Å²) in [6.07, 6.45) is 5.75. The highest BCUT2D eigenvalue weighted by Crippen LogP contribution is 2.47. The van der Waals surface area contributed by atoms with Crippen LogP contribution in [-0.4, -0.2) is 27.4 Å². The summed E-state index contributed by atoms with van der Waals surface area (Å²) in [4.78, 5) is 36.1. The van der Waals surface area contributed by atoms with Crippen LogP contribution in [0.2, 0.25) is 0 Å². The SMILES string of the molecule is Cc1nc(-c2ccncc2)[nH]c(=O)c1CCC(=O)NCC1(c2ccc(F)cc2)CC1. The number of aromatic amines is 1. The number of amides is 1. The molecule has 4 rings (SSSR count). The molecule has 154 valence electrons. The number of aryl methyl sites for hydroxylation is 1. The first-order valence-corrected chi connectivity index (χ1v) is 10.00. The monoisotopic (exact) mass is 406 g/mol. The summed E-state index contributed by atoms with van der Waals surface area (Å²) in [7, 11) is 0. The van der Waals surface area contributed by atoms with Gasteiger partial charge in [0.25, 0.3) is 5.56 Å². The van der Waals surface area contributed by atoms with Crippen LogP contribution in [0.5, 0.6) is 0 Å². The maximum atomic E-state index is 13.2. The fourth-order valence-electron chi connectivity index (χ4n) is 3.67. The Hall–Kier alpha value is -3.35. The molecule has 0 radical (unpaired) electrons. The molecule has 1 aliphatic rings. The van der Waals surface area contributed by atoms with E-state index in [4.69, 9.17) is 0 Å². The predicted molar refractivity (Wildman–Crippen MR) is 111 cm³/mol. The van der Waals surface area contributed by atoms with Gasteiger partial charge in [0.1, 0.15) is 11.6 Å². The van der Waals surface area contributed by atoms with Crippen molar-refractivity contribution in [2.45, 2.75) is 38.0 Å². The lowest BCUT2D eigenvalue weighted by molar-refractivity contribution is -0.121. The molecule has 0 saturated heterocycles. The lowest BCUT2D eigenvalue weighted by Gasteiger charge is -2.16. The minimum absolute atomic E-state index is 0.0928. The van der Waals surface area contributed by atoms with Crippen LogP contribution in [0.3, 0.4) is 0 Å². The number of benzene rings is 1. The summed E-state index contributed by atoms with van der Waals surface area (Å²) in [5.74, 6) is 0.117. The number of hydrogen-bond donors (Lipinski definition) is 2. The van der Waals surface area contributed by atoms with Gasteiger partial charge >= 0.3 is 0 Å². The standard InChI is InChI=1S/C23H23FN4O2/c1-15-19(22(30)28-21(27-15)16-8-12-25-13-9-16)6-7-20(29)26-14-23(10-11-23)17-2-4-18(24)5-3-17/h2-5,8-9,12-13H,6-7,10-11,14H2,1H3,(H,26,29)(H,27,28,30). The van der Waals surface area contributed by atoms with E-state index in [1.54, 1.807) is 43.6 Å². The van der Waals surface area contributed by atoms with E-state index in [0.29, 0.717) is 30.0 Å². The third-order valence-electron chi connectivity index (χ3n) is 5.71. The lowest BCUT2D eigenvalue weighted by atomic mass is 9.96. The Morgan fingerprint density at radius 2 is 1.87 bits per heavy atom. The first-order chi connectivity index (χ1) is 14.5. The highest BCUT2D eigenvalue weighted by Gasteiger charge is 2.44. The molecule has 1 saturated carbocycles. The number of H-pyrrole nitrogens is 1. The Balaban J connectivity index is 1.36. The summed E-state index contributed by atoms with van der Waals surface area (Å²) >= 11 is 0. The van der Waals surface area contributed by atoms with Gasteiger partial charge in [-0.25, -0.2) is 9.37 Å². The average molecular weight is 406 g/mol. The van der Waals surface area contributed by atoms with E-state index in [9.17, 15) is 14.0 Å². The van der Waals surface area contributed by atoms with Gasteiger partial charge in [-0.3, -0.25) is 14.6 Å². The number of halogens is 1.